The number of phenols is 1. The lowest BCUT2D eigenvalue weighted by atomic mass is 9.84. The molecule has 1 N–H and O–H groups in total. The Bertz CT molecular complexity index is 2610. The standard InChI is InChI=1S/C46H40N2O2S/c1-45(2,3)30-20-23-38(49)29(24-30)27-47-37-18-12-10-16-34(37)44-48-42-36(25-31(46(4,5)6)26-40(42)51-44)33-22-21-32(28-14-8-7-9-15-28)41-35-17-11-13-19-39(35)50-43(33)41/h7-27,49H,1-6H3. The second kappa shape index (κ2) is 12.4. The van der Waals surface area contributed by atoms with Crippen molar-refractivity contribution in [3.8, 4) is 38.6 Å². The van der Waals surface area contributed by atoms with E-state index in [2.05, 4.69) is 114 Å². The van der Waals surface area contributed by atoms with E-state index in [0.29, 0.717) is 5.56 Å². The first-order valence-corrected chi connectivity index (χ1v) is 18.2. The van der Waals surface area contributed by atoms with Crippen LogP contribution < -0.4 is 0 Å². The van der Waals surface area contributed by atoms with Gasteiger partial charge in [0.25, 0.3) is 0 Å². The molecule has 8 aromatic rings. The van der Waals surface area contributed by atoms with Crippen LogP contribution in [0.3, 0.4) is 0 Å². The lowest BCUT2D eigenvalue weighted by molar-refractivity contribution is 0.473. The third kappa shape index (κ3) is 6.02. The monoisotopic (exact) mass is 684 g/mol. The van der Waals surface area contributed by atoms with E-state index in [1.165, 1.54) is 5.56 Å². The Morgan fingerprint density at radius 3 is 2.16 bits per heavy atom. The minimum absolute atomic E-state index is 0.0470. The molecule has 0 spiro atoms. The average Bonchev–Trinajstić information content (AvgIpc) is 3.73. The SMILES string of the molecule is CC(C)(C)c1ccc(O)c(C=Nc2ccccc2-c2nc3c(-c4ccc(-c5ccccc5)c5c4oc4ccccc45)cc(C(C)(C)C)cc3s2)c1. The highest BCUT2D eigenvalue weighted by Crippen LogP contribution is 2.46. The van der Waals surface area contributed by atoms with Crippen LogP contribution in [0.1, 0.15) is 58.2 Å². The third-order valence-electron chi connectivity index (χ3n) is 9.63. The second-order valence-corrected chi connectivity index (χ2v) is 16.3. The number of furan rings is 1. The molecule has 0 aliphatic rings. The topological polar surface area (TPSA) is 58.6 Å². The molecule has 6 aromatic carbocycles. The van der Waals surface area contributed by atoms with E-state index < -0.39 is 0 Å². The van der Waals surface area contributed by atoms with Gasteiger partial charge in [0.15, 0.2) is 0 Å². The van der Waals surface area contributed by atoms with Gasteiger partial charge >= 0.3 is 0 Å². The van der Waals surface area contributed by atoms with Crippen molar-refractivity contribution in [3.63, 3.8) is 0 Å². The molecule has 0 radical (unpaired) electrons. The number of aliphatic imine (C=N–C) groups is 1. The number of hydrogen-bond donors (Lipinski definition) is 1. The number of benzene rings is 6. The molecule has 0 bridgehead atoms. The van der Waals surface area contributed by atoms with Gasteiger partial charge in [-0.15, -0.1) is 11.3 Å². The molecule has 0 aliphatic carbocycles. The number of phenolic OH excluding ortho intramolecular Hbond substituents is 1. The zero-order valence-corrected chi connectivity index (χ0v) is 30.6. The summed E-state index contributed by atoms with van der Waals surface area (Å²) in [6, 6.07) is 41.7. The second-order valence-electron chi connectivity index (χ2n) is 15.3. The van der Waals surface area contributed by atoms with Crippen LogP contribution in [-0.2, 0) is 10.8 Å². The number of thiazole rings is 1. The summed E-state index contributed by atoms with van der Waals surface area (Å²) in [7, 11) is 0. The number of rotatable bonds is 5. The summed E-state index contributed by atoms with van der Waals surface area (Å²) >= 11 is 1.68. The minimum Gasteiger partial charge on any atom is -0.507 e. The summed E-state index contributed by atoms with van der Waals surface area (Å²) < 4.78 is 7.84. The highest BCUT2D eigenvalue weighted by molar-refractivity contribution is 7.21. The zero-order chi connectivity index (χ0) is 35.5. The molecular formula is C46H40N2O2S. The van der Waals surface area contributed by atoms with Gasteiger partial charge in [-0.05, 0) is 81.6 Å². The Balaban J connectivity index is 1.32. The van der Waals surface area contributed by atoms with E-state index in [4.69, 9.17) is 14.4 Å². The van der Waals surface area contributed by atoms with Gasteiger partial charge in [0.1, 0.15) is 21.9 Å². The fourth-order valence-corrected chi connectivity index (χ4v) is 7.78. The van der Waals surface area contributed by atoms with E-state index in [0.717, 1.165) is 76.2 Å². The average molecular weight is 685 g/mol. The molecule has 0 unspecified atom stereocenters. The van der Waals surface area contributed by atoms with Crippen molar-refractivity contribution in [1.82, 2.24) is 4.98 Å². The summed E-state index contributed by atoms with van der Waals surface area (Å²) in [5.41, 5.74) is 11.7. The first-order chi connectivity index (χ1) is 24.5. The van der Waals surface area contributed by atoms with Crippen LogP contribution in [-0.4, -0.2) is 16.3 Å². The van der Waals surface area contributed by atoms with Gasteiger partial charge < -0.3 is 9.52 Å². The van der Waals surface area contributed by atoms with Gasteiger partial charge in [0.2, 0.25) is 0 Å². The van der Waals surface area contributed by atoms with Crippen LogP contribution >= 0.6 is 11.3 Å². The Hall–Kier alpha value is -5.52. The molecule has 0 atom stereocenters. The Kier molecular flexibility index (Phi) is 7.92. The molecule has 252 valence electrons. The third-order valence-corrected chi connectivity index (χ3v) is 10.7. The normalized spacial score (nSPS) is 12.5. The number of aromatic nitrogens is 1. The van der Waals surface area contributed by atoms with Crippen LogP contribution in [0, 0.1) is 0 Å². The quantitative estimate of drug-likeness (QED) is 0.184. The van der Waals surface area contributed by atoms with Gasteiger partial charge in [0.05, 0.1) is 15.9 Å². The largest absolute Gasteiger partial charge is 0.507 e. The van der Waals surface area contributed by atoms with E-state index in [1.807, 2.05) is 42.5 Å². The predicted molar refractivity (Wildman–Crippen MR) is 216 cm³/mol. The van der Waals surface area contributed by atoms with E-state index in [9.17, 15) is 5.11 Å². The van der Waals surface area contributed by atoms with Gasteiger partial charge in [-0.2, -0.15) is 0 Å². The van der Waals surface area contributed by atoms with Crippen molar-refractivity contribution in [2.75, 3.05) is 0 Å². The molecule has 51 heavy (non-hydrogen) atoms. The lowest BCUT2D eigenvalue weighted by Crippen LogP contribution is -2.11. The fourth-order valence-electron chi connectivity index (χ4n) is 6.71. The van der Waals surface area contributed by atoms with Crippen molar-refractivity contribution in [1.29, 1.82) is 0 Å². The van der Waals surface area contributed by atoms with Crippen LogP contribution in [0.5, 0.6) is 5.75 Å². The van der Waals surface area contributed by atoms with E-state index >= 15 is 0 Å². The van der Waals surface area contributed by atoms with Crippen molar-refractivity contribution in [2.45, 2.75) is 52.4 Å². The van der Waals surface area contributed by atoms with Crippen LogP contribution in [0.15, 0.2) is 131 Å². The summed E-state index contributed by atoms with van der Waals surface area (Å²) in [5.74, 6) is 0.207. The minimum atomic E-state index is -0.0874. The van der Waals surface area contributed by atoms with Gasteiger partial charge in [0, 0.05) is 39.2 Å². The van der Waals surface area contributed by atoms with E-state index in [1.54, 1.807) is 23.6 Å². The van der Waals surface area contributed by atoms with Gasteiger partial charge in [-0.3, -0.25) is 4.99 Å². The Morgan fingerprint density at radius 1 is 0.667 bits per heavy atom. The Labute approximate surface area is 302 Å². The van der Waals surface area contributed by atoms with Gasteiger partial charge in [-0.1, -0.05) is 114 Å². The first kappa shape index (κ1) is 32.7. The predicted octanol–water partition coefficient (Wildman–Crippen LogP) is 13.2. The molecule has 0 saturated carbocycles. The van der Waals surface area contributed by atoms with Crippen LogP contribution in [0.25, 0.3) is 65.0 Å². The summed E-state index contributed by atoms with van der Waals surface area (Å²) in [5, 5.41) is 13.8. The van der Waals surface area contributed by atoms with Crippen LogP contribution in [0.4, 0.5) is 5.69 Å². The van der Waals surface area contributed by atoms with Crippen molar-refractivity contribution >= 4 is 55.4 Å². The Morgan fingerprint density at radius 2 is 1.37 bits per heavy atom. The lowest BCUT2D eigenvalue weighted by Gasteiger charge is -2.20. The molecular weight excluding hydrogens is 645 g/mol. The molecule has 4 nitrogen and oxygen atoms in total. The molecule has 0 saturated heterocycles. The number of nitrogens with zero attached hydrogens (tertiary/aromatic N) is 2. The molecule has 0 aliphatic heterocycles. The number of aromatic hydroxyl groups is 1. The first-order valence-electron chi connectivity index (χ1n) is 17.4. The van der Waals surface area contributed by atoms with E-state index in [-0.39, 0.29) is 16.6 Å². The number of fused-ring (bicyclic) bond motifs is 4. The molecule has 0 fully saturated rings. The fraction of sp³-hybridized carbons (Fsp3) is 0.174. The molecule has 2 heterocycles. The maximum Gasteiger partial charge on any atom is 0.143 e. The maximum absolute atomic E-state index is 10.7. The smallest absolute Gasteiger partial charge is 0.143 e. The van der Waals surface area contributed by atoms with Crippen molar-refractivity contribution < 1.29 is 9.52 Å². The number of hydrogen-bond acceptors (Lipinski definition) is 5. The highest BCUT2D eigenvalue weighted by atomic mass is 32.1. The zero-order valence-electron chi connectivity index (χ0n) is 29.8. The molecule has 0 amide bonds. The summed E-state index contributed by atoms with van der Waals surface area (Å²) in [6.07, 6.45) is 1.76. The maximum atomic E-state index is 10.7. The molecule has 5 heteroatoms. The number of para-hydroxylation sites is 2. The van der Waals surface area contributed by atoms with Crippen molar-refractivity contribution in [3.05, 3.63) is 138 Å². The molecule has 8 rings (SSSR count). The summed E-state index contributed by atoms with van der Waals surface area (Å²) in [6.45, 7) is 13.3. The van der Waals surface area contributed by atoms with Crippen molar-refractivity contribution in [2.24, 2.45) is 4.99 Å². The molecule has 2 aromatic heterocycles. The van der Waals surface area contributed by atoms with Crippen LogP contribution in [0.2, 0.25) is 0 Å². The highest BCUT2D eigenvalue weighted by Gasteiger charge is 2.24. The van der Waals surface area contributed by atoms with Gasteiger partial charge in [-0.25, -0.2) is 4.98 Å². The summed E-state index contributed by atoms with van der Waals surface area (Å²) in [4.78, 5) is 10.3.